The van der Waals surface area contributed by atoms with Crippen LogP contribution >= 0.6 is 11.3 Å². The molecule has 0 radical (unpaired) electrons. The van der Waals surface area contributed by atoms with Crippen LogP contribution in [0, 0.1) is 5.92 Å². The van der Waals surface area contributed by atoms with Crippen LogP contribution in [0.4, 0.5) is 13.2 Å². The first kappa shape index (κ1) is 23.9. The maximum Gasteiger partial charge on any atom is 0.416 e. The first-order chi connectivity index (χ1) is 13.7. The lowest BCUT2D eigenvalue weighted by Crippen LogP contribution is -2.28. The van der Waals surface area contributed by atoms with Gasteiger partial charge in [-0.3, -0.25) is 0 Å². The molecule has 0 aliphatic rings. The third kappa shape index (κ3) is 7.42. The molecule has 0 saturated heterocycles. The number of rotatable bonds is 11. The average Bonchev–Trinajstić information content (AvgIpc) is 3.16. The lowest BCUT2D eigenvalue weighted by molar-refractivity contribution is -0.137. The second-order valence-electron chi connectivity index (χ2n) is 7.19. The summed E-state index contributed by atoms with van der Waals surface area (Å²) in [5.74, 6) is 0.324. The third-order valence-electron chi connectivity index (χ3n) is 4.92. The normalized spacial score (nSPS) is 13.6. The second kappa shape index (κ2) is 10.6. The molecule has 0 aliphatic carbocycles. The molecule has 162 valence electrons. The zero-order valence-electron chi connectivity index (χ0n) is 16.8. The molecule has 0 saturated carbocycles. The van der Waals surface area contributed by atoms with Gasteiger partial charge in [0.15, 0.2) is 0 Å². The number of aryl methyl sites for hydroxylation is 2. The number of alkyl halides is 3. The molecule has 0 fully saturated rings. The minimum Gasteiger partial charge on any atom is -0.210 e. The summed E-state index contributed by atoms with van der Waals surface area (Å²) in [6.07, 6.45) is 0.654. The van der Waals surface area contributed by atoms with Crippen LogP contribution in [0.3, 0.4) is 0 Å². The zero-order chi connectivity index (χ0) is 21.5. The Morgan fingerprint density at radius 2 is 1.86 bits per heavy atom. The van der Waals surface area contributed by atoms with Crippen molar-refractivity contribution in [3.8, 4) is 0 Å². The van der Waals surface area contributed by atoms with Crippen molar-refractivity contribution in [1.82, 2.24) is 4.72 Å². The fourth-order valence-corrected chi connectivity index (χ4v) is 5.57. The lowest BCUT2D eigenvalue weighted by atomic mass is 10.00. The van der Waals surface area contributed by atoms with E-state index in [1.165, 1.54) is 17.4 Å². The highest BCUT2D eigenvalue weighted by atomic mass is 32.2. The van der Waals surface area contributed by atoms with E-state index in [4.69, 9.17) is 0 Å². The predicted octanol–water partition coefficient (Wildman–Crippen LogP) is 6.05. The van der Waals surface area contributed by atoms with E-state index in [1.807, 2.05) is 0 Å². The molecule has 29 heavy (non-hydrogen) atoms. The van der Waals surface area contributed by atoms with Gasteiger partial charge < -0.3 is 0 Å². The molecule has 3 nitrogen and oxygen atoms in total. The summed E-state index contributed by atoms with van der Waals surface area (Å²) in [6, 6.07) is 8.56. The number of thiophene rings is 1. The number of nitrogens with one attached hydrogen (secondary N) is 1. The van der Waals surface area contributed by atoms with Gasteiger partial charge in [-0.15, -0.1) is 11.3 Å². The number of hydrogen-bond donors (Lipinski definition) is 1. The van der Waals surface area contributed by atoms with E-state index in [-0.39, 0.29) is 4.21 Å². The average molecular weight is 448 g/mol. The number of unbranched alkanes of at least 4 members (excludes halogenated alkanes) is 1. The molecule has 0 bridgehead atoms. The van der Waals surface area contributed by atoms with E-state index >= 15 is 0 Å². The van der Waals surface area contributed by atoms with Gasteiger partial charge in [-0.25, -0.2) is 13.1 Å². The highest BCUT2D eigenvalue weighted by Crippen LogP contribution is 2.30. The fraction of sp³-hybridized carbons (Fsp3) is 0.524. The Bertz CT molecular complexity index is 876. The highest BCUT2D eigenvalue weighted by molar-refractivity contribution is 7.91. The summed E-state index contributed by atoms with van der Waals surface area (Å²) in [5.41, 5.74) is -0.0836. The van der Waals surface area contributed by atoms with Gasteiger partial charge in [-0.05, 0) is 48.9 Å². The quantitative estimate of drug-likeness (QED) is 0.456. The number of halogens is 3. The van der Waals surface area contributed by atoms with E-state index in [0.717, 1.165) is 42.7 Å². The molecule has 0 amide bonds. The van der Waals surface area contributed by atoms with Crippen LogP contribution in [-0.2, 0) is 29.0 Å². The minimum absolute atomic E-state index is 0.252. The van der Waals surface area contributed by atoms with E-state index in [2.05, 4.69) is 18.6 Å². The zero-order valence-corrected chi connectivity index (χ0v) is 18.4. The van der Waals surface area contributed by atoms with Crippen LogP contribution in [0.15, 0.2) is 40.6 Å². The van der Waals surface area contributed by atoms with E-state index in [0.29, 0.717) is 30.9 Å². The Morgan fingerprint density at radius 1 is 1.10 bits per heavy atom. The first-order valence-electron chi connectivity index (χ1n) is 9.90. The van der Waals surface area contributed by atoms with Gasteiger partial charge in [-0.1, -0.05) is 51.3 Å². The molecule has 1 unspecified atom stereocenters. The predicted molar refractivity (Wildman–Crippen MR) is 112 cm³/mol. The van der Waals surface area contributed by atoms with E-state index in [9.17, 15) is 21.6 Å². The molecule has 1 atom stereocenters. The Balaban J connectivity index is 1.96. The topological polar surface area (TPSA) is 46.2 Å². The third-order valence-corrected chi connectivity index (χ3v) is 7.98. The summed E-state index contributed by atoms with van der Waals surface area (Å²) in [5, 5.41) is 0. The minimum atomic E-state index is -4.36. The van der Waals surface area contributed by atoms with Crippen molar-refractivity contribution in [1.29, 1.82) is 0 Å². The molecule has 1 heterocycles. The SMILES string of the molecule is CCCCC(CC)CNS(=O)(=O)c1ccc(CCc2cccc(C(F)(F)F)c2)s1. The Labute approximate surface area is 175 Å². The van der Waals surface area contributed by atoms with Gasteiger partial charge in [0.25, 0.3) is 0 Å². The van der Waals surface area contributed by atoms with Gasteiger partial charge in [0, 0.05) is 11.4 Å². The first-order valence-corrected chi connectivity index (χ1v) is 12.2. The number of benzene rings is 1. The summed E-state index contributed by atoms with van der Waals surface area (Å²) in [7, 11) is -3.56. The summed E-state index contributed by atoms with van der Waals surface area (Å²) in [4.78, 5) is 0.834. The van der Waals surface area contributed by atoms with Gasteiger partial charge in [0.05, 0.1) is 5.56 Å². The van der Waals surface area contributed by atoms with Crippen molar-refractivity contribution < 1.29 is 21.6 Å². The Morgan fingerprint density at radius 3 is 2.52 bits per heavy atom. The summed E-state index contributed by atoms with van der Waals surface area (Å²) >= 11 is 1.17. The van der Waals surface area contributed by atoms with Gasteiger partial charge >= 0.3 is 6.18 Å². The molecular formula is C21H28F3NO2S2. The molecule has 1 aromatic heterocycles. The number of sulfonamides is 1. The molecule has 2 aromatic rings. The molecular weight excluding hydrogens is 419 g/mol. The van der Waals surface area contributed by atoms with Crippen molar-refractivity contribution in [3.63, 3.8) is 0 Å². The van der Waals surface area contributed by atoms with Crippen molar-refractivity contribution >= 4 is 21.4 Å². The highest BCUT2D eigenvalue weighted by Gasteiger charge is 2.30. The van der Waals surface area contributed by atoms with Gasteiger partial charge in [0.1, 0.15) is 4.21 Å². The largest absolute Gasteiger partial charge is 0.416 e. The molecule has 1 N–H and O–H groups in total. The van der Waals surface area contributed by atoms with Crippen LogP contribution in [0.1, 0.15) is 55.5 Å². The standard InChI is InChI=1S/C21H28F3NO2S2/c1-3-5-7-16(4-2)15-25-29(26,27)20-13-12-19(28-20)11-10-17-8-6-9-18(14-17)21(22,23)24/h6,8-9,12-14,16,25H,3-5,7,10-11,15H2,1-2H3. The molecule has 0 aliphatic heterocycles. The summed E-state index contributed by atoms with van der Waals surface area (Å²) < 4.78 is 66.5. The molecule has 2 rings (SSSR count). The molecule has 0 spiro atoms. The van der Waals surface area contributed by atoms with Crippen molar-refractivity contribution in [2.24, 2.45) is 5.92 Å². The summed E-state index contributed by atoms with van der Waals surface area (Å²) in [6.45, 7) is 4.60. The maximum absolute atomic E-state index is 12.8. The number of hydrogen-bond acceptors (Lipinski definition) is 3. The van der Waals surface area contributed by atoms with Crippen molar-refractivity contribution in [2.45, 2.75) is 62.8 Å². The lowest BCUT2D eigenvalue weighted by Gasteiger charge is -2.14. The fourth-order valence-electron chi connectivity index (χ4n) is 3.05. The maximum atomic E-state index is 12.8. The van der Waals surface area contributed by atoms with Crippen molar-refractivity contribution in [2.75, 3.05) is 6.54 Å². The van der Waals surface area contributed by atoms with Crippen LogP contribution in [0.25, 0.3) is 0 Å². The Kier molecular flexibility index (Phi) is 8.73. The van der Waals surface area contributed by atoms with Crippen molar-refractivity contribution in [3.05, 3.63) is 52.4 Å². The monoisotopic (exact) mass is 447 g/mol. The van der Waals surface area contributed by atoms with Crippen LogP contribution < -0.4 is 4.72 Å². The van der Waals surface area contributed by atoms with Gasteiger partial charge in [0.2, 0.25) is 10.0 Å². The Hall–Kier alpha value is -1.38. The van der Waals surface area contributed by atoms with Crippen LogP contribution in [-0.4, -0.2) is 15.0 Å². The van der Waals surface area contributed by atoms with Crippen LogP contribution in [0.5, 0.6) is 0 Å². The van der Waals surface area contributed by atoms with Gasteiger partial charge in [-0.2, -0.15) is 13.2 Å². The molecule has 1 aromatic carbocycles. The van der Waals surface area contributed by atoms with E-state index < -0.39 is 21.8 Å². The van der Waals surface area contributed by atoms with Crippen LogP contribution in [0.2, 0.25) is 0 Å². The second-order valence-corrected chi connectivity index (χ2v) is 10.3. The smallest absolute Gasteiger partial charge is 0.210 e. The van der Waals surface area contributed by atoms with E-state index in [1.54, 1.807) is 18.2 Å². The molecule has 8 heteroatoms.